The summed E-state index contributed by atoms with van der Waals surface area (Å²) in [6, 6.07) is 8.05. The Morgan fingerprint density at radius 2 is 1.70 bits per heavy atom. The molecule has 0 atom stereocenters. The van der Waals surface area contributed by atoms with Crippen LogP contribution in [0.3, 0.4) is 0 Å². The first-order chi connectivity index (χ1) is 10.8. The molecule has 8 heteroatoms. The van der Waals surface area contributed by atoms with E-state index in [0.717, 1.165) is 6.26 Å². The summed E-state index contributed by atoms with van der Waals surface area (Å²) in [6.45, 7) is 0. The number of phenols is 1. The topological polar surface area (TPSA) is 82.1 Å². The van der Waals surface area contributed by atoms with Gasteiger partial charge in [-0.3, -0.25) is 0 Å². The number of halogens is 1. The summed E-state index contributed by atoms with van der Waals surface area (Å²) in [4.78, 5) is 0. The zero-order valence-electron chi connectivity index (χ0n) is 12.7. The van der Waals surface area contributed by atoms with Gasteiger partial charge in [0, 0.05) is 5.56 Å². The number of benzene rings is 2. The Morgan fingerprint density at radius 1 is 1.09 bits per heavy atom. The third-order valence-electron chi connectivity index (χ3n) is 3.00. The molecule has 2 aromatic rings. The molecular weight excluding hydrogens is 388 g/mol. The third kappa shape index (κ3) is 3.89. The van der Waals surface area contributed by atoms with Crippen molar-refractivity contribution in [3.8, 4) is 34.1 Å². The van der Waals surface area contributed by atoms with Gasteiger partial charge in [-0.1, -0.05) is 12.1 Å². The van der Waals surface area contributed by atoms with Crippen LogP contribution in [0.5, 0.6) is 23.0 Å². The average Bonchev–Trinajstić information content (AvgIpc) is 2.49. The number of hydrogen-bond donors (Lipinski definition) is 1. The summed E-state index contributed by atoms with van der Waals surface area (Å²) >= 11 is 3.24. The summed E-state index contributed by atoms with van der Waals surface area (Å²) in [6.07, 6.45) is 0.974. The minimum Gasteiger partial charge on any atom is -0.503 e. The molecule has 6 nitrogen and oxygen atoms in total. The van der Waals surface area contributed by atoms with Crippen molar-refractivity contribution in [3.63, 3.8) is 0 Å². The van der Waals surface area contributed by atoms with Crippen molar-refractivity contribution in [2.24, 2.45) is 0 Å². The Hall–Kier alpha value is -1.93. The van der Waals surface area contributed by atoms with E-state index in [9.17, 15) is 13.5 Å². The molecule has 0 radical (unpaired) electrons. The van der Waals surface area contributed by atoms with E-state index in [1.54, 1.807) is 18.2 Å². The van der Waals surface area contributed by atoms with Crippen LogP contribution < -0.4 is 13.7 Å². The van der Waals surface area contributed by atoms with Crippen LogP contribution in [-0.2, 0) is 10.1 Å². The molecule has 0 aromatic heterocycles. The number of phenolic OH excluding ortho intramolecular Hbond substituents is 1. The van der Waals surface area contributed by atoms with Gasteiger partial charge in [-0.05, 0) is 39.7 Å². The van der Waals surface area contributed by atoms with Crippen LogP contribution in [0.4, 0.5) is 0 Å². The molecule has 0 heterocycles. The van der Waals surface area contributed by atoms with Gasteiger partial charge in [0.2, 0.25) is 0 Å². The van der Waals surface area contributed by atoms with Crippen molar-refractivity contribution in [1.82, 2.24) is 0 Å². The van der Waals surface area contributed by atoms with Crippen LogP contribution in [-0.4, -0.2) is 34.0 Å². The molecule has 23 heavy (non-hydrogen) atoms. The number of hydrogen-bond acceptors (Lipinski definition) is 6. The highest BCUT2D eigenvalue weighted by Gasteiger charge is 2.18. The van der Waals surface area contributed by atoms with Crippen LogP contribution in [0, 0.1) is 0 Å². The molecular formula is C15H15BrO6S. The second kappa shape index (κ2) is 6.67. The molecule has 0 aliphatic carbocycles. The first kappa shape index (κ1) is 17.4. The monoisotopic (exact) mass is 402 g/mol. The number of rotatable bonds is 5. The minimum absolute atomic E-state index is 0.0849. The van der Waals surface area contributed by atoms with E-state index in [-0.39, 0.29) is 17.2 Å². The minimum atomic E-state index is -3.58. The Labute approximate surface area is 142 Å². The van der Waals surface area contributed by atoms with E-state index in [1.807, 2.05) is 0 Å². The van der Waals surface area contributed by atoms with Gasteiger partial charge in [0.05, 0.1) is 20.5 Å². The van der Waals surface area contributed by atoms with Crippen LogP contribution in [0.2, 0.25) is 0 Å². The fourth-order valence-electron chi connectivity index (χ4n) is 2.04. The Bertz CT molecular complexity index is 815. The third-order valence-corrected chi connectivity index (χ3v) is 4.26. The molecule has 0 saturated carbocycles. The summed E-state index contributed by atoms with van der Waals surface area (Å²) in [5.41, 5.74) is 1.29. The molecule has 0 amide bonds. The smallest absolute Gasteiger partial charge is 0.306 e. The Balaban J connectivity index is 2.51. The SMILES string of the molecule is COc1cc(-c2ccc(OS(C)(=O)=O)cc2)c(OC)c(O)c1Br. The van der Waals surface area contributed by atoms with Crippen molar-refractivity contribution in [2.75, 3.05) is 20.5 Å². The zero-order valence-corrected chi connectivity index (χ0v) is 15.1. The van der Waals surface area contributed by atoms with E-state index in [4.69, 9.17) is 13.7 Å². The van der Waals surface area contributed by atoms with Crippen LogP contribution >= 0.6 is 15.9 Å². The maximum absolute atomic E-state index is 11.1. The highest BCUT2D eigenvalue weighted by Crippen LogP contribution is 2.47. The predicted molar refractivity (Wildman–Crippen MR) is 89.8 cm³/mol. The van der Waals surface area contributed by atoms with E-state index >= 15 is 0 Å². The lowest BCUT2D eigenvalue weighted by atomic mass is 10.0. The van der Waals surface area contributed by atoms with E-state index < -0.39 is 10.1 Å². The Kier molecular flexibility index (Phi) is 5.06. The lowest BCUT2D eigenvalue weighted by Gasteiger charge is -2.15. The maximum Gasteiger partial charge on any atom is 0.306 e. The Morgan fingerprint density at radius 3 is 2.17 bits per heavy atom. The fraction of sp³-hybridized carbons (Fsp3) is 0.200. The fourth-order valence-corrected chi connectivity index (χ4v) is 2.96. The molecule has 2 rings (SSSR count). The largest absolute Gasteiger partial charge is 0.503 e. The van der Waals surface area contributed by atoms with Crippen LogP contribution in [0.15, 0.2) is 34.8 Å². The van der Waals surface area contributed by atoms with Crippen molar-refractivity contribution >= 4 is 26.0 Å². The quantitative estimate of drug-likeness (QED) is 0.773. The predicted octanol–water partition coefficient (Wildman–Crippen LogP) is 3.18. The molecule has 0 aliphatic heterocycles. The summed E-state index contributed by atoms with van der Waals surface area (Å²) in [5, 5.41) is 10.2. The first-order valence-electron chi connectivity index (χ1n) is 6.40. The van der Waals surface area contributed by atoms with Gasteiger partial charge in [0.15, 0.2) is 11.5 Å². The highest BCUT2D eigenvalue weighted by molar-refractivity contribution is 9.10. The van der Waals surface area contributed by atoms with Crippen LogP contribution in [0.1, 0.15) is 0 Å². The van der Waals surface area contributed by atoms with E-state index in [2.05, 4.69) is 15.9 Å². The lowest BCUT2D eigenvalue weighted by Crippen LogP contribution is -2.05. The summed E-state index contributed by atoms with van der Waals surface area (Å²) < 4.78 is 37.9. The van der Waals surface area contributed by atoms with Gasteiger partial charge in [-0.2, -0.15) is 8.42 Å². The maximum atomic E-state index is 11.1. The summed E-state index contributed by atoms with van der Waals surface area (Å²) in [7, 11) is -0.653. The van der Waals surface area contributed by atoms with Gasteiger partial charge >= 0.3 is 10.1 Å². The molecule has 0 unspecified atom stereocenters. The molecule has 124 valence electrons. The van der Waals surface area contributed by atoms with Crippen LogP contribution in [0.25, 0.3) is 11.1 Å². The van der Waals surface area contributed by atoms with Crippen molar-refractivity contribution in [1.29, 1.82) is 0 Å². The van der Waals surface area contributed by atoms with Gasteiger partial charge in [0.1, 0.15) is 16.0 Å². The molecule has 1 N–H and O–H groups in total. The van der Waals surface area contributed by atoms with Gasteiger partial charge in [0.25, 0.3) is 0 Å². The number of methoxy groups -OCH3 is 2. The number of aromatic hydroxyl groups is 1. The normalized spacial score (nSPS) is 11.1. The van der Waals surface area contributed by atoms with E-state index in [0.29, 0.717) is 21.3 Å². The van der Waals surface area contributed by atoms with Gasteiger partial charge < -0.3 is 18.8 Å². The molecule has 0 fully saturated rings. The molecule has 2 aromatic carbocycles. The molecule has 0 saturated heterocycles. The van der Waals surface area contributed by atoms with Gasteiger partial charge in [-0.15, -0.1) is 0 Å². The second-order valence-corrected chi connectivity index (χ2v) is 7.00. The van der Waals surface area contributed by atoms with Crippen molar-refractivity contribution < 1.29 is 27.2 Å². The molecule has 0 spiro atoms. The van der Waals surface area contributed by atoms with Crippen molar-refractivity contribution in [2.45, 2.75) is 0 Å². The first-order valence-corrected chi connectivity index (χ1v) is 9.01. The lowest BCUT2D eigenvalue weighted by molar-refractivity contribution is 0.364. The van der Waals surface area contributed by atoms with E-state index in [1.165, 1.54) is 26.4 Å². The van der Waals surface area contributed by atoms with Crippen molar-refractivity contribution in [3.05, 3.63) is 34.8 Å². The molecule has 0 bridgehead atoms. The van der Waals surface area contributed by atoms with Gasteiger partial charge in [-0.25, -0.2) is 0 Å². The second-order valence-electron chi connectivity index (χ2n) is 4.63. The highest BCUT2D eigenvalue weighted by atomic mass is 79.9. The molecule has 0 aliphatic rings. The zero-order chi connectivity index (χ0) is 17.2. The summed E-state index contributed by atoms with van der Waals surface area (Å²) in [5.74, 6) is 0.825. The number of ether oxygens (including phenoxy) is 2. The standard InChI is InChI=1S/C15H15BrO6S/c1-20-12-8-11(15(21-2)14(17)13(12)16)9-4-6-10(7-5-9)22-23(3,18)19/h4-8,17H,1-3H3. The average molecular weight is 403 g/mol.